The predicted octanol–water partition coefficient (Wildman–Crippen LogP) is 2.11. The van der Waals surface area contributed by atoms with E-state index in [9.17, 15) is 9.59 Å². The van der Waals surface area contributed by atoms with E-state index in [4.69, 9.17) is 9.47 Å². The molecule has 0 aliphatic rings. The molecule has 1 heterocycles. The number of carbonyl (C=O) groups is 2. The van der Waals surface area contributed by atoms with Crippen LogP contribution in [0.4, 0.5) is 0 Å². The maximum Gasteiger partial charge on any atom is 0.355 e. The Kier molecular flexibility index (Phi) is 7.98. The summed E-state index contributed by atoms with van der Waals surface area (Å²) in [5, 5.41) is 3.12. The Hall–Kier alpha value is -1.66. The highest BCUT2D eigenvalue weighted by molar-refractivity contribution is 6.03. The standard InChI is InChI=1S/C17H28N2O4/c1-6-19-13(4)15(12(3)16(19)17(21)23-7-2)14(20)11-18-9-8-10-22-5/h18H,6-11H2,1-5H3. The number of carbonyl (C=O) groups excluding carboxylic acids is 2. The lowest BCUT2D eigenvalue weighted by molar-refractivity contribution is 0.0512. The van der Waals surface area contributed by atoms with Gasteiger partial charge in [0.15, 0.2) is 5.78 Å². The fraction of sp³-hybridized carbons (Fsp3) is 0.647. The third-order valence-electron chi connectivity index (χ3n) is 3.82. The maximum absolute atomic E-state index is 12.5. The number of aromatic nitrogens is 1. The molecule has 6 nitrogen and oxygen atoms in total. The lowest BCUT2D eigenvalue weighted by Crippen LogP contribution is -2.25. The molecule has 6 heteroatoms. The largest absolute Gasteiger partial charge is 0.461 e. The molecule has 0 fully saturated rings. The fourth-order valence-corrected chi connectivity index (χ4v) is 2.80. The van der Waals surface area contributed by atoms with Gasteiger partial charge in [-0.05, 0) is 46.2 Å². The zero-order valence-corrected chi connectivity index (χ0v) is 14.8. The van der Waals surface area contributed by atoms with Crippen molar-refractivity contribution in [1.82, 2.24) is 9.88 Å². The molecule has 0 aliphatic carbocycles. The minimum atomic E-state index is -0.373. The summed E-state index contributed by atoms with van der Waals surface area (Å²) >= 11 is 0. The van der Waals surface area contributed by atoms with Crippen LogP contribution in [0, 0.1) is 13.8 Å². The molecule has 0 aromatic carbocycles. The van der Waals surface area contributed by atoms with Crippen molar-refractivity contribution in [2.45, 2.75) is 40.7 Å². The molecule has 0 saturated heterocycles. The number of nitrogens with zero attached hydrogens (tertiary/aromatic N) is 1. The first kappa shape index (κ1) is 19.4. The van der Waals surface area contributed by atoms with Crippen LogP contribution in [0.15, 0.2) is 0 Å². The van der Waals surface area contributed by atoms with Gasteiger partial charge in [-0.3, -0.25) is 4.79 Å². The van der Waals surface area contributed by atoms with Crippen molar-refractivity contribution in [3.05, 3.63) is 22.5 Å². The number of esters is 1. The van der Waals surface area contributed by atoms with E-state index in [-0.39, 0.29) is 18.3 Å². The van der Waals surface area contributed by atoms with Crippen LogP contribution in [-0.2, 0) is 16.0 Å². The van der Waals surface area contributed by atoms with E-state index < -0.39 is 0 Å². The van der Waals surface area contributed by atoms with Crippen molar-refractivity contribution < 1.29 is 19.1 Å². The first-order valence-electron chi connectivity index (χ1n) is 8.09. The summed E-state index contributed by atoms with van der Waals surface area (Å²) in [4.78, 5) is 24.7. The zero-order chi connectivity index (χ0) is 17.4. The maximum atomic E-state index is 12.5. The minimum absolute atomic E-state index is 0.00448. The summed E-state index contributed by atoms with van der Waals surface area (Å²) in [6.45, 7) is 9.98. The molecule has 1 aromatic rings. The van der Waals surface area contributed by atoms with Gasteiger partial charge in [0.2, 0.25) is 0 Å². The summed E-state index contributed by atoms with van der Waals surface area (Å²) < 4.78 is 12.0. The molecule has 1 N–H and O–H groups in total. The molecule has 1 aromatic heterocycles. The Morgan fingerprint density at radius 2 is 1.91 bits per heavy atom. The summed E-state index contributed by atoms with van der Waals surface area (Å²) in [5.41, 5.74) is 2.62. The van der Waals surface area contributed by atoms with Gasteiger partial charge in [0.1, 0.15) is 5.69 Å². The number of methoxy groups -OCH3 is 1. The number of hydrogen-bond acceptors (Lipinski definition) is 5. The van der Waals surface area contributed by atoms with Gasteiger partial charge in [0.25, 0.3) is 0 Å². The van der Waals surface area contributed by atoms with Crippen molar-refractivity contribution in [3.63, 3.8) is 0 Å². The molecule has 0 amide bonds. The molecule has 0 radical (unpaired) electrons. The first-order valence-corrected chi connectivity index (χ1v) is 8.09. The molecule has 0 spiro atoms. The van der Waals surface area contributed by atoms with E-state index in [1.165, 1.54) is 0 Å². The average molecular weight is 324 g/mol. The third kappa shape index (κ3) is 4.65. The molecule has 0 aliphatic heterocycles. The van der Waals surface area contributed by atoms with Crippen molar-refractivity contribution in [2.24, 2.45) is 0 Å². The molecule has 0 bridgehead atoms. The van der Waals surface area contributed by atoms with Gasteiger partial charge in [0.05, 0.1) is 13.2 Å². The lowest BCUT2D eigenvalue weighted by Gasteiger charge is -2.08. The van der Waals surface area contributed by atoms with E-state index in [0.717, 1.165) is 18.7 Å². The zero-order valence-electron chi connectivity index (χ0n) is 14.8. The second-order valence-electron chi connectivity index (χ2n) is 5.35. The molecule has 0 unspecified atom stereocenters. The number of hydrogen-bond donors (Lipinski definition) is 1. The van der Waals surface area contributed by atoms with Crippen LogP contribution in [0.3, 0.4) is 0 Å². The van der Waals surface area contributed by atoms with Gasteiger partial charge in [-0.25, -0.2) is 4.79 Å². The van der Waals surface area contributed by atoms with Gasteiger partial charge >= 0.3 is 5.97 Å². The average Bonchev–Trinajstić information content (AvgIpc) is 2.77. The summed E-state index contributed by atoms with van der Waals surface area (Å²) in [5.74, 6) is -0.378. The first-order chi connectivity index (χ1) is 11.0. The lowest BCUT2D eigenvalue weighted by atomic mass is 10.1. The highest BCUT2D eigenvalue weighted by Crippen LogP contribution is 2.23. The van der Waals surface area contributed by atoms with E-state index in [2.05, 4.69) is 5.32 Å². The van der Waals surface area contributed by atoms with Gasteiger partial charge < -0.3 is 19.4 Å². The number of ketones is 1. The number of rotatable bonds is 10. The molecular weight excluding hydrogens is 296 g/mol. The highest BCUT2D eigenvalue weighted by atomic mass is 16.5. The van der Waals surface area contributed by atoms with E-state index in [1.807, 2.05) is 25.3 Å². The van der Waals surface area contributed by atoms with Crippen molar-refractivity contribution >= 4 is 11.8 Å². The normalized spacial score (nSPS) is 10.8. The van der Waals surface area contributed by atoms with Crippen LogP contribution in [-0.4, -0.2) is 49.7 Å². The second-order valence-corrected chi connectivity index (χ2v) is 5.35. The fourth-order valence-electron chi connectivity index (χ4n) is 2.80. The number of nitrogens with one attached hydrogen (secondary N) is 1. The van der Waals surface area contributed by atoms with Gasteiger partial charge in [-0.1, -0.05) is 0 Å². The Morgan fingerprint density at radius 1 is 1.22 bits per heavy atom. The smallest absolute Gasteiger partial charge is 0.355 e. The Labute approximate surface area is 138 Å². The number of Topliss-reactive ketones (excluding diaryl/α,β-unsaturated/α-hetero) is 1. The summed E-state index contributed by atoms with van der Waals surface area (Å²) in [7, 11) is 1.66. The molecule has 130 valence electrons. The van der Waals surface area contributed by atoms with Crippen LogP contribution >= 0.6 is 0 Å². The summed E-state index contributed by atoms with van der Waals surface area (Å²) in [6.07, 6.45) is 0.853. The topological polar surface area (TPSA) is 69.6 Å². The van der Waals surface area contributed by atoms with E-state index in [0.29, 0.717) is 36.6 Å². The predicted molar refractivity (Wildman–Crippen MR) is 89.2 cm³/mol. The quantitative estimate of drug-likeness (QED) is 0.405. The van der Waals surface area contributed by atoms with Gasteiger partial charge in [-0.15, -0.1) is 0 Å². The Balaban J connectivity index is 2.94. The highest BCUT2D eigenvalue weighted by Gasteiger charge is 2.26. The van der Waals surface area contributed by atoms with Crippen molar-refractivity contribution in [2.75, 3.05) is 33.4 Å². The Morgan fingerprint density at radius 3 is 2.48 bits per heavy atom. The van der Waals surface area contributed by atoms with Crippen LogP contribution in [0.25, 0.3) is 0 Å². The third-order valence-corrected chi connectivity index (χ3v) is 3.82. The van der Waals surface area contributed by atoms with Gasteiger partial charge in [0, 0.05) is 31.5 Å². The van der Waals surface area contributed by atoms with E-state index >= 15 is 0 Å². The van der Waals surface area contributed by atoms with Crippen molar-refractivity contribution in [1.29, 1.82) is 0 Å². The van der Waals surface area contributed by atoms with Crippen molar-refractivity contribution in [3.8, 4) is 0 Å². The molecule has 1 rings (SSSR count). The SMILES string of the molecule is CCOC(=O)c1c(C)c(C(=O)CNCCCOC)c(C)n1CC. The molecular formula is C17H28N2O4. The van der Waals surface area contributed by atoms with Crippen LogP contribution in [0.2, 0.25) is 0 Å². The minimum Gasteiger partial charge on any atom is -0.461 e. The Bertz CT molecular complexity index is 549. The van der Waals surface area contributed by atoms with Gasteiger partial charge in [-0.2, -0.15) is 0 Å². The summed E-state index contributed by atoms with van der Waals surface area (Å²) in [6, 6.07) is 0. The van der Waals surface area contributed by atoms with Crippen LogP contribution in [0.1, 0.15) is 52.4 Å². The molecule has 0 saturated carbocycles. The van der Waals surface area contributed by atoms with E-state index in [1.54, 1.807) is 14.0 Å². The second kappa shape index (κ2) is 9.47. The van der Waals surface area contributed by atoms with Crippen LogP contribution < -0.4 is 5.32 Å². The number of ether oxygens (including phenoxy) is 2. The van der Waals surface area contributed by atoms with Crippen LogP contribution in [0.5, 0.6) is 0 Å². The monoisotopic (exact) mass is 324 g/mol. The molecule has 0 atom stereocenters. The molecule has 23 heavy (non-hydrogen) atoms.